The van der Waals surface area contributed by atoms with E-state index < -0.39 is 0 Å². The maximum Gasteiger partial charge on any atom is 0.0370 e. The second-order valence-corrected chi connectivity index (χ2v) is 6.03. The van der Waals surface area contributed by atoms with E-state index in [4.69, 9.17) is 0 Å². The van der Waals surface area contributed by atoms with Crippen LogP contribution in [0.15, 0.2) is 22.7 Å². The summed E-state index contributed by atoms with van der Waals surface area (Å²) in [6.07, 6.45) is 3.76. The van der Waals surface area contributed by atoms with Gasteiger partial charge in [0.2, 0.25) is 0 Å². The van der Waals surface area contributed by atoms with Gasteiger partial charge in [-0.2, -0.15) is 0 Å². The zero-order valence-corrected chi connectivity index (χ0v) is 13.0. The number of hydrogen-bond donors (Lipinski definition) is 1. The van der Waals surface area contributed by atoms with E-state index in [1.807, 2.05) is 0 Å². The van der Waals surface area contributed by atoms with Crippen molar-refractivity contribution in [3.05, 3.63) is 28.2 Å². The molecule has 100 valence electrons. The minimum absolute atomic E-state index is 0.640. The topological polar surface area (TPSA) is 15.3 Å². The molecule has 0 aliphatic carbocycles. The Morgan fingerprint density at radius 3 is 3.00 bits per heavy atom. The first-order valence-electron chi connectivity index (χ1n) is 6.95. The predicted molar refractivity (Wildman–Crippen MR) is 82.4 cm³/mol. The van der Waals surface area contributed by atoms with Gasteiger partial charge >= 0.3 is 0 Å². The smallest absolute Gasteiger partial charge is 0.0370 e. The van der Waals surface area contributed by atoms with Gasteiger partial charge in [-0.25, -0.2) is 0 Å². The van der Waals surface area contributed by atoms with Crippen molar-refractivity contribution >= 4 is 21.6 Å². The molecule has 0 aromatic heterocycles. The van der Waals surface area contributed by atoms with Crippen LogP contribution in [0, 0.1) is 6.92 Å². The largest absolute Gasteiger partial charge is 0.370 e. The summed E-state index contributed by atoms with van der Waals surface area (Å²) >= 11 is 3.57. The quantitative estimate of drug-likeness (QED) is 0.915. The number of hydrogen-bond acceptors (Lipinski definition) is 2. The number of benzene rings is 1. The lowest BCUT2D eigenvalue weighted by molar-refractivity contribution is 0.502. The Balaban J connectivity index is 2.12. The second kappa shape index (κ2) is 6.58. The third-order valence-electron chi connectivity index (χ3n) is 3.62. The van der Waals surface area contributed by atoms with Gasteiger partial charge in [0.25, 0.3) is 0 Å². The first kappa shape index (κ1) is 13.9. The Kier molecular flexibility index (Phi) is 5.07. The molecule has 0 spiro atoms. The van der Waals surface area contributed by atoms with E-state index in [2.05, 4.69) is 58.2 Å². The van der Waals surface area contributed by atoms with Crippen molar-refractivity contribution in [3.63, 3.8) is 0 Å². The molecular weight excluding hydrogens is 288 g/mol. The molecule has 2 rings (SSSR count). The number of anilines is 1. The standard InChI is InChI=1S/C15H23BrN2/c1-3-5-13-11-18(9-4-8-17-13)14-6-7-15(16)12(2)10-14/h6-7,10,13,17H,3-5,8-9,11H2,1-2H3. The van der Waals surface area contributed by atoms with E-state index in [1.54, 1.807) is 0 Å². The van der Waals surface area contributed by atoms with Crippen LogP contribution in [-0.4, -0.2) is 25.7 Å². The highest BCUT2D eigenvalue weighted by atomic mass is 79.9. The Bertz CT molecular complexity index is 392. The molecule has 1 unspecified atom stereocenters. The van der Waals surface area contributed by atoms with Gasteiger partial charge in [-0.05, 0) is 50.1 Å². The summed E-state index contributed by atoms with van der Waals surface area (Å²) in [4.78, 5) is 2.53. The molecule has 1 aliphatic heterocycles. The average Bonchev–Trinajstić information content (AvgIpc) is 2.59. The van der Waals surface area contributed by atoms with Crippen LogP contribution in [-0.2, 0) is 0 Å². The first-order chi connectivity index (χ1) is 8.70. The SMILES string of the molecule is CCCC1CN(c2ccc(Br)c(C)c2)CCCN1. The van der Waals surface area contributed by atoms with Gasteiger partial charge in [0.15, 0.2) is 0 Å². The molecule has 1 atom stereocenters. The molecule has 1 aliphatic rings. The summed E-state index contributed by atoms with van der Waals surface area (Å²) in [7, 11) is 0. The van der Waals surface area contributed by atoms with Crippen molar-refractivity contribution in [3.8, 4) is 0 Å². The maximum atomic E-state index is 3.66. The number of nitrogens with zero attached hydrogens (tertiary/aromatic N) is 1. The minimum atomic E-state index is 0.640. The molecule has 0 saturated carbocycles. The van der Waals surface area contributed by atoms with Crippen LogP contribution in [0.4, 0.5) is 5.69 Å². The fraction of sp³-hybridized carbons (Fsp3) is 0.600. The van der Waals surface area contributed by atoms with Gasteiger partial charge in [-0.3, -0.25) is 0 Å². The molecular formula is C15H23BrN2. The number of rotatable bonds is 3. The minimum Gasteiger partial charge on any atom is -0.370 e. The van der Waals surface area contributed by atoms with Crippen molar-refractivity contribution in [2.24, 2.45) is 0 Å². The van der Waals surface area contributed by atoms with Gasteiger partial charge in [-0.15, -0.1) is 0 Å². The van der Waals surface area contributed by atoms with Crippen LogP contribution >= 0.6 is 15.9 Å². The number of halogens is 1. The van der Waals surface area contributed by atoms with Crippen LogP contribution in [0.25, 0.3) is 0 Å². The van der Waals surface area contributed by atoms with Crippen LogP contribution in [0.2, 0.25) is 0 Å². The van der Waals surface area contributed by atoms with Gasteiger partial charge in [0.1, 0.15) is 0 Å². The molecule has 1 saturated heterocycles. The normalized spacial score (nSPS) is 20.8. The number of nitrogens with one attached hydrogen (secondary N) is 1. The first-order valence-corrected chi connectivity index (χ1v) is 7.74. The lowest BCUT2D eigenvalue weighted by Gasteiger charge is -2.27. The van der Waals surface area contributed by atoms with E-state index in [0.29, 0.717) is 6.04 Å². The van der Waals surface area contributed by atoms with E-state index in [9.17, 15) is 0 Å². The molecule has 1 N–H and O–H groups in total. The van der Waals surface area contributed by atoms with Crippen molar-refractivity contribution < 1.29 is 0 Å². The highest BCUT2D eigenvalue weighted by Gasteiger charge is 2.17. The summed E-state index contributed by atoms with van der Waals surface area (Å²) in [6.45, 7) is 7.87. The fourth-order valence-electron chi connectivity index (χ4n) is 2.60. The highest BCUT2D eigenvalue weighted by Crippen LogP contribution is 2.24. The molecule has 1 fully saturated rings. The summed E-state index contributed by atoms with van der Waals surface area (Å²) in [5.41, 5.74) is 2.68. The Morgan fingerprint density at radius 2 is 2.28 bits per heavy atom. The summed E-state index contributed by atoms with van der Waals surface area (Å²) in [5, 5.41) is 3.66. The van der Waals surface area contributed by atoms with E-state index in [1.165, 1.54) is 35.0 Å². The third kappa shape index (κ3) is 3.48. The Hall–Kier alpha value is -0.540. The van der Waals surface area contributed by atoms with Crippen molar-refractivity contribution in [1.82, 2.24) is 5.32 Å². The van der Waals surface area contributed by atoms with Crippen LogP contribution in [0.5, 0.6) is 0 Å². The monoisotopic (exact) mass is 310 g/mol. The molecule has 1 aromatic rings. The van der Waals surface area contributed by atoms with Gasteiger partial charge in [0.05, 0.1) is 0 Å². The van der Waals surface area contributed by atoms with Gasteiger partial charge in [0, 0.05) is 29.3 Å². The Morgan fingerprint density at radius 1 is 1.44 bits per heavy atom. The summed E-state index contributed by atoms with van der Waals surface area (Å²) in [5.74, 6) is 0. The van der Waals surface area contributed by atoms with E-state index in [0.717, 1.165) is 19.6 Å². The number of aryl methyl sites for hydroxylation is 1. The average molecular weight is 311 g/mol. The Labute approximate surface area is 119 Å². The molecule has 1 aromatic carbocycles. The highest BCUT2D eigenvalue weighted by molar-refractivity contribution is 9.10. The van der Waals surface area contributed by atoms with Crippen LogP contribution < -0.4 is 10.2 Å². The zero-order chi connectivity index (χ0) is 13.0. The fourth-order valence-corrected chi connectivity index (χ4v) is 2.85. The predicted octanol–water partition coefficient (Wildman–Crippen LogP) is 3.73. The molecule has 0 amide bonds. The van der Waals surface area contributed by atoms with Gasteiger partial charge < -0.3 is 10.2 Å². The van der Waals surface area contributed by atoms with E-state index in [-0.39, 0.29) is 0 Å². The van der Waals surface area contributed by atoms with Crippen molar-refractivity contribution in [2.45, 2.75) is 39.2 Å². The third-order valence-corrected chi connectivity index (χ3v) is 4.51. The summed E-state index contributed by atoms with van der Waals surface area (Å²) < 4.78 is 1.20. The second-order valence-electron chi connectivity index (χ2n) is 5.17. The molecule has 1 heterocycles. The van der Waals surface area contributed by atoms with Crippen LogP contribution in [0.3, 0.4) is 0 Å². The maximum absolute atomic E-state index is 3.66. The molecule has 0 radical (unpaired) electrons. The molecule has 18 heavy (non-hydrogen) atoms. The van der Waals surface area contributed by atoms with Crippen LogP contribution in [0.1, 0.15) is 31.7 Å². The summed E-state index contributed by atoms with van der Waals surface area (Å²) in [6, 6.07) is 7.32. The lowest BCUT2D eigenvalue weighted by atomic mass is 10.1. The van der Waals surface area contributed by atoms with Crippen molar-refractivity contribution in [2.75, 3.05) is 24.5 Å². The zero-order valence-electron chi connectivity index (χ0n) is 11.4. The molecule has 3 heteroatoms. The van der Waals surface area contributed by atoms with Crippen molar-refractivity contribution in [1.29, 1.82) is 0 Å². The molecule has 2 nitrogen and oxygen atoms in total. The van der Waals surface area contributed by atoms with Gasteiger partial charge in [-0.1, -0.05) is 29.3 Å². The van der Waals surface area contributed by atoms with E-state index >= 15 is 0 Å². The lowest BCUT2D eigenvalue weighted by Crippen LogP contribution is -2.37. The molecule has 0 bridgehead atoms.